The van der Waals surface area contributed by atoms with Gasteiger partial charge in [0.05, 0.1) is 5.56 Å². The molecular formula is C29H38N4O7. The van der Waals surface area contributed by atoms with Crippen molar-refractivity contribution in [3.8, 4) is 5.75 Å². The molecular weight excluding hydrogens is 516 g/mol. The van der Waals surface area contributed by atoms with E-state index >= 15 is 0 Å². The molecule has 0 fully saturated rings. The van der Waals surface area contributed by atoms with Gasteiger partial charge in [0, 0.05) is 49.3 Å². The Hall–Kier alpha value is -3.41. The molecule has 0 aromatic heterocycles. The molecule has 0 spiro atoms. The summed E-state index contributed by atoms with van der Waals surface area (Å²) in [7, 11) is 7.67. The number of carbonyl (C=O) groups is 3. The molecule has 11 heteroatoms. The molecule has 1 amide bonds. The van der Waals surface area contributed by atoms with E-state index in [1.54, 1.807) is 13.1 Å². The van der Waals surface area contributed by atoms with Crippen LogP contribution in [0.4, 0.5) is 5.69 Å². The van der Waals surface area contributed by atoms with E-state index in [9.17, 15) is 34.8 Å². The summed E-state index contributed by atoms with van der Waals surface area (Å²) in [5, 5.41) is 45.8. The van der Waals surface area contributed by atoms with Crippen LogP contribution in [0.1, 0.15) is 53.7 Å². The smallest absolute Gasteiger partial charge is 0.255 e. The van der Waals surface area contributed by atoms with Crippen molar-refractivity contribution in [2.75, 3.05) is 52.7 Å². The van der Waals surface area contributed by atoms with Crippen LogP contribution in [-0.4, -0.2) is 101 Å². The Morgan fingerprint density at radius 2 is 1.88 bits per heavy atom. The minimum atomic E-state index is -2.66. The first-order valence-corrected chi connectivity index (χ1v) is 13.6. The number of phenolic OH excluding ortho intramolecular Hbond substituents is 1. The van der Waals surface area contributed by atoms with E-state index in [1.807, 2.05) is 33.0 Å². The molecule has 2 unspecified atom stereocenters. The predicted molar refractivity (Wildman–Crippen MR) is 147 cm³/mol. The summed E-state index contributed by atoms with van der Waals surface area (Å²) in [6.07, 6.45) is 0.906. The Bertz CT molecular complexity index is 1400. The summed E-state index contributed by atoms with van der Waals surface area (Å²) in [4.78, 5) is 45.9. The summed E-state index contributed by atoms with van der Waals surface area (Å²) in [5.41, 5.74) is 2.84. The number of aromatic hydroxyl groups is 1. The summed E-state index contributed by atoms with van der Waals surface area (Å²) in [6, 6.07) is 1.63. The number of hydrogen-bond acceptors (Lipinski definition) is 10. The first kappa shape index (κ1) is 28.1. The number of rotatable bonds is 5. The molecule has 4 atom stereocenters. The van der Waals surface area contributed by atoms with E-state index < -0.39 is 51.5 Å². The van der Waals surface area contributed by atoms with E-state index in [2.05, 4.69) is 9.80 Å². The Morgan fingerprint density at radius 3 is 2.48 bits per heavy atom. The first-order chi connectivity index (χ1) is 18.7. The monoisotopic (exact) mass is 554 g/mol. The Balaban J connectivity index is 1.75. The number of nitrogens with zero attached hydrogens (tertiary/aromatic N) is 3. The second-order valence-corrected chi connectivity index (χ2v) is 12.1. The average molecular weight is 555 g/mol. The molecule has 0 radical (unpaired) electrons. The lowest BCUT2D eigenvalue weighted by Crippen LogP contribution is -2.66. The standard InChI is InChI=1S/C29H38N4O7/c1-6-32(4)13-28-11-14-9-16-21(18(34)10-15-17(31(2)3)7-8-33(5)23(15)16)24(36)20(14)25(37)29(28,40)26(38)22(27(30)39)19(35)12-28/h10,14,17,34-35,37,40H,6-9,11-13H2,1-5H3,(H2,30,39)/t14?,17?,28-,29-/m0/s1. The summed E-state index contributed by atoms with van der Waals surface area (Å²) < 4.78 is 0. The molecule has 1 aromatic rings. The number of hydrogen-bond donors (Lipinski definition) is 5. The number of amides is 1. The number of allylic oxidation sites excluding steroid dienone is 2. The van der Waals surface area contributed by atoms with E-state index in [-0.39, 0.29) is 48.7 Å². The van der Waals surface area contributed by atoms with Gasteiger partial charge < -0.3 is 40.9 Å². The van der Waals surface area contributed by atoms with Gasteiger partial charge in [0.2, 0.25) is 5.78 Å². The lowest BCUT2D eigenvalue weighted by molar-refractivity contribution is -0.161. The second kappa shape index (κ2) is 9.32. The van der Waals surface area contributed by atoms with Crippen molar-refractivity contribution < 1.29 is 34.8 Å². The minimum Gasteiger partial charge on any atom is -0.511 e. The first-order valence-electron chi connectivity index (χ1n) is 13.6. The van der Waals surface area contributed by atoms with Gasteiger partial charge in [-0.25, -0.2) is 0 Å². The zero-order valence-corrected chi connectivity index (χ0v) is 23.6. The van der Waals surface area contributed by atoms with Crippen LogP contribution in [0.5, 0.6) is 5.75 Å². The maximum Gasteiger partial charge on any atom is 0.255 e. The number of benzene rings is 1. The molecule has 1 aromatic carbocycles. The van der Waals surface area contributed by atoms with Gasteiger partial charge in [0.25, 0.3) is 5.91 Å². The van der Waals surface area contributed by atoms with Crippen LogP contribution in [0.15, 0.2) is 28.7 Å². The van der Waals surface area contributed by atoms with Crippen LogP contribution in [0, 0.1) is 11.3 Å². The fourth-order valence-corrected chi connectivity index (χ4v) is 7.61. The highest BCUT2D eigenvalue weighted by Crippen LogP contribution is 2.59. The number of anilines is 1. The molecule has 5 rings (SSSR count). The third kappa shape index (κ3) is 3.64. The van der Waals surface area contributed by atoms with Crippen molar-refractivity contribution in [3.05, 3.63) is 45.4 Å². The molecule has 6 N–H and O–H groups in total. The Morgan fingerprint density at radius 1 is 1.20 bits per heavy atom. The number of primary amides is 1. The van der Waals surface area contributed by atoms with Crippen molar-refractivity contribution in [2.24, 2.45) is 17.1 Å². The average Bonchev–Trinajstić information content (AvgIpc) is 2.85. The van der Waals surface area contributed by atoms with Crippen LogP contribution in [-0.2, 0) is 16.0 Å². The molecule has 0 bridgehead atoms. The number of aliphatic hydroxyl groups excluding tert-OH is 2. The second-order valence-electron chi connectivity index (χ2n) is 12.1. The van der Waals surface area contributed by atoms with Crippen LogP contribution < -0.4 is 10.6 Å². The minimum absolute atomic E-state index is 0.0362. The van der Waals surface area contributed by atoms with Gasteiger partial charge in [-0.3, -0.25) is 14.4 Å². The maximum atomic E-state index is 14.1. The number of aliphatic hydroxyl groups is 3. The lowest BCUT2D eigenvalue weighted by atomic mass is 9.51. The van der Waals surface area contributed by atoms with Gasteiger partial charge in [0.1, 0.15) is 22.8 Å². The summed E-state index contributed by atoms with van der Waals surface area (Å²) in [6.45, 7) is 3.27. The van der Waals surface area contributed by atoms with Crippen molar-refractivity contribution in [1.82, 2.24) is 9.80 Å². The normalized spacial score (nSPS) is 29.9. The molecule has 4 aliphatic rings. The van der Waals surface area contributed by atoms with E-state index in [0.717, 1.165) is 24.2 Å². The third-order valence-corrected chi connectivity index (χ3v) is 9.55. The predicted octanol–water partition coefficient (Wildman–Crippen LogP) is 1.35. The highest BCUT2D eigenvalue weighted by Gasteiger charge is 2.67. The van der Waals surface area contributed by atoms with E-state index in [4.69, 9.17) is 5.73 Å². The number of phenols is 1. The largest absolute Gasteiger partial charge is 0.511 e. The number of carbonyl (C=O) groups excluding carboxylic acids is 3. The zero-order chi connectivity index (χ0) is 29.5. The quantitative estimate of drug-likeness (QED) is 0.335. The van der Waals surface area contributed by atoms with Gasteiger partial charge >= 0.3 is 0 Å². The lowest BCUT2D eigenvalue weighted by Gasteiger charge is -2.55. The molecule has 3 aliphatic carbocycles. The van der Waals surface area contributed by atoms with Crippen molar-refractivity contribution >= 4 is 23.2 Å². The van der Waals surface area contributed by atoms with Crippen molar-refractivity contribution in [2.45, 2.75) is 44.2 Å². The fourth-order valence-electron chi connectivity index (χ4n) is 7.61. The molecule has 1 heterocycles. The van der Waals surface area contributed by atoms with Crippen molar-refractivity contribution in [1.29, 1.82) is 0 Å². The van der Waals surface area contributed by atoms with E-state index in [0.29, 0.717) is 12.1 Å². The molecule has 0 saturated carbocycles. The van der Waals surface area contributed by atoms with Gasteiger partial charge in [0.15, 0.2) is 11.4 Å². The molecule has 11 nitrogen and oxygen atoms in total. The highest BCUT2D eigenvalue weighted by atomic mass is 16.3. The molecule has 1 aliphatic heterocycles. The topological polar surface area (TPSA) is 168 Å². The van der Waals surface area contributed by atoms with Gasteiger partial charge in [-0.15, -0.1) is 0 Å². The number of nitrogens with two attached hydrogens (primary N) is 1. The third-order valence-electron chi connectivity index (χ3n) is 9.55. The fraction of sp³-hybridized carbons (Fsp3) is 0.552. The maximum absolute atomic E-state index is 14.1. The van der Waals surface area contributed by atoms with Gasteiger partial charge in [-0.2, -0.15) is 0 Å². The molecule has 40 heavy (non-hydrogen) atoms. The summed E-state index contributed by atoms with van der Waals surface area (Å²) in [5.74, 6) is -5.32. The zero-order valence-electron chi connectivity index (χ0n) is 23.6. The van der Waals surface area contributed by atoms with Crippen molar-refractivity contribution in [3.63, 3.8) is 0 Å². The highest BCUT2D eigenvalue weighted by molar-refractivity contribution is 6.25. The molecule has 0 saturated heterocycles. The van der Waals surface area contributed by atoms with Gasteiger partial charge in [-0.05, 0) is 70.1 Å². The number of Topliss-reactive ketones (excluding diaryl/α,β-unsaturated/α-hetero) is 2. The van der Waals surface area contributed by atoms with Crippen LogP contribution >= 0.6 is 0 Å². The van der Waals surface area contributed by atoms with Gasteiger partial charge in [-0.1, -0.05) is 6.92 Å². The Kier molecular flexibility index (Phi) is 6.56. The van der Waals surface area contributed by atoms with E-state index in [1.165, 1.54) is 0 Å². The van der Waals surface area contributed by atoms with Crippen LogP contribution in [0.2, 0.25) is 0 Å². The Labute approximate surface area is 233 Å². The molecule has 216 valence electrons. The SMILES string of the molecule is CCN(C)C[C@]12CC(O)=C(C(N)=O)C(=O)[C@@]1(O)C(O)=C1C(=O)c3c(O)cc4c(c3CC1C2)N(C)CCC4N(C)C. The van der Waals surface area contributed by atoms with Crippen LogP contribution in [0.3, 0.4) is 0 Å². The van der Waals surface area contributed by atoms with Crippen LogP contribution in [0.25, 0.3) is 0 Å². The summed E-state index contributed by atoms with van der Waals surface area (Å²) >= 11 is 0. The number of fused-ring (bicyclic) bond motifs is 5. The number of ketones is 2.